The van der Waals surface area contributed by atoms with Crippen molar-refractivity contribution in [1.29, 1.82) is 0 Å². The first kappa shape index (κ1) is 26.3. The highest BCUT2D eigenvalue weighted by Crippen LogP contribution is 2.13. The van der Waals surface area contributed by atoms with E-state index in [0.717, 1.165) is 11.8 Å². The number of ether oxygens (including phenoxy) is 1. The van der Waals surface area contributed by atoms with Crippen molar-refractivity contribution < 1.29 is 32.6 Å². The van der Waals surface area contributed by atoms with Crippen molar-refractivity contribution in [3.05, 3.63) is 89.6 Å². The minimum absolute atomic E-state index is 0.00296. The second-order valence-corrected chi connectivity index (χ2v) is 9.06. The zero-order chi connectivity index (χ0) is 26.0. The number of aromatic nitrogens is 1. The van der Waals surface area contributed by atoms with Crippen LogP contribution in [0.5, 0.6) is 5.88 Å². The number of nitrogens with zero attached hydrogens (tertiary/aromatic N) is 1. The monoisotopic (exact) mass is 512 g/mol. The Morgan fingerprint density at radius 2 is 1.56 bits per heavy atom. The molecule has 2 aromatic carbocycles. The van der Waals surface area contributed by atoms with Crippen LogP contribution in [0.1, 0.15) is 26.3 Å². The Labute approximate surface area is 207 Å². The molecule has 0 bridgehead atoms. The van der Waals surface area contributed by atoms with Crippen LogP contribution in [0.25, 0.3) is 0 Å². The van der Waals surface area contributed by atoms with E-state index in [-0.39, 0.29) is 35.4 Å². The topological polar surface area (TPSA) is 164 Å². The van der Waals surface area contributed by atoms with Crippen LogP contribution in [0.15, 0.2) is 77.8 Å². The average Bonchev–Trinajstić information content (AvgIpc) is 2.88. The van der Waals surface area contributed by atoms with Crippen molar-refractivity contribution in [3.63, 3.8) is 0 Å². The molecule has 0 atom stereocenters. The SMILES string of the molecule is O=C(NCCO)Oc1ccc(C(=O)NS(=O)(=O)c2ccc(CCNC(=O)c3ccccc3)cc2)cn1. The van der Waals surface area contributed by atoms with Gasteiger partial charge in [0, 0.05) is 30.9 Å². The third kappa shape index (κ3) is 7.61. The summed E-state index contributed by atoms with van der Waals surface area (Å²) in [6.45, 7) is 0.112. The molecule has 0 saturated carbocycles. The van der Waals surface area contributed by atoms with E-state index in [1.807, 2.05) is 10.8 Å². The lowest BCUT2D eigenvalue weighted by Gasteiger charge is -2.09. The van der Waals surface area contributed by atoms with Gasteiger partial charge in [0.25, 0.3) is 21.8 Å². The van der Waals surface area contributed by atoms with E-state index >= 15 is 0 Å². The summed E-state index contributed by atoms with van der Waals surface area (Å²) in [5.74, 6) is -1.22. The smallest absolute Gasteiger partial charge is 0.395 e. The standard InChI is InChI=1S/C24H24N4O7S/c29-15-14-26-24(32)35-21-11-8-19(16-27-21)23(31)28-36(33,34)20-9-6-17(7-10-20)12-13-25-22(30)18-4-2-1-3-5-18/h1-11,16,29H,12-15H2,(H,25,30)(H,26,32)(H,28,31). The van der Waals surface area contributed by atoms with Crippen molar-refractivity contribution in [2.24, 2.45) is 0 Å². The highest BCUT2D eigenvalue weighted by molar-refractivity contribution is 7.90. The van der Waals surface area contributed by atoms with E-state index in [2.05, 4.69) is 15.6 Å². The Kier molecular flexibility index (Phi) is 9.08. The van der Waals surface area contributed by atoms with E-state index < -0.39 is 22.0 Å². The van der Waals surface area contributed by atoms with Gasteiger partial charge in [-0.15, -0.1) is 0 Å². The lowest BCUT2D eigenvalue weighted by molar-refractivity contribution is 0.0951. The number of aliphatic hydroxyl groups is 1. The van der Waals surface area contributed by atoms with Gasteiger partial charge in [0.2, 0.25) is 5.88 Å². The number of sulfonamides is 1. The molecule has 0 aliphatic heterocycles. The summed E-state index contributed by atoms with van der Waals surface area (Å²) in [7, 11) is -4.15. The molecule has 0 spiro atoms. The van der Waals surface area contributed by atoms with Crippen LogP contribution in [-0.4, -0.2) is 56.1 Å². The van der Waals surface area contributed by atoms with Gasteiger partial charge in [-0.05, 0) is 42.3 Å². The summed E-state index contributed by atoms with van der Waals surface area (Å²) < 4.78 is 32.0. The van der Waals surface area contributed by atoms with Gasteiger partial charge in [0.15, 0.2) is 0 Å². The van der Waals surface area contributed by atoms with E-state index in [4.69, 9.17) is 9.84 Å². The maximum absolute atomic E-state index is 12.6. The molecule has 3 aromatic rings. The van der Waals surface area contributed by atoms with Gasteiger partial charge in [0.1, 0.15) is 0 Å². The lowest BCUT2D eigenvalue weighted by Crippen LogP contribution is -2.31. The maximum Gasteiger partial charge on any atom is 0.414 e. The molecule has 0 fully saturated rings. The van der Waals surface area contributed by atoms with Gasteiger partial charge in [-0.3, -0.25) is 9.59 Å². The number of carbonyl (C=O) groups is 3. The summed E-state index contributed by atoms with van der Waals surface area (Å²) >= 11 is 0. The number of rotatable bonds is 10. The van der Waals surface area contributed by atoms with Gasteiger partial charge in [-0.1, -0.05) is 30.3 Å². The Bertz CT molecular complexity index is 1300. The van der Waals surface area contributed by atoms with Gasteiger partial charge < -0.3 is 20.5 Å². The average molecular weight is 513 g/mol. The molecule has 3 amide bonds. The van der Waals surface area contributed by atoms with Gasteiger partial charge in [0.05, 0.1) is 17.1 Å². The summed E-state index contributed by atoms with van der Waals surface area (Å²) in [5.41, 5.74) is 1.29. The molecule has 0 aliphatic carbocycles. The Morgan fingerprint density at radius 3 is 2.19 bits per heavy atom. The molecule has 1 aromatic heterocycles. The molecule has 4 N–H and O–H groups in total. The fourth-order valence-electron chi connectivity index (χ4n) is 2.95. The molecule has 0 unspecified atom stereocenters. The van der Waals surface area contributed by atoms with Gasteiger partial charge >= 0.3 is 6.09 Å². The first-order valence-electron chi connectivity index (χ1n) is 10.8. The van der Waals surface area contributed by atoms with Crippen LogP contribution in [0, 0.1) is 0 Å². The van der Waals surface area contributed by atoms with Crippen LogP contribution in [0.3, 0.4) is 0 Å². The molecule has 3 rings (SSSR count). The highest BCUT2D eigenvalue weighted by Gasteiger charge is 2.19. The number of carbonyl (C=O) groups excluding carboxylic acids is 3. The largest absolute Gasteiger partial charge is 0.414 e. The predicted molar refractivity (Wildman–Crippen MR) is 129 cm³/mol. The van der Waals surface area contributed by atoms with Crippen molar-refractivity contribution >= 4 is 27.9 Å². The van der Waals surface area contributed by atoms with E-state index in [1.165, 1.54) is 24.3 Å². The fourth-order valence-corrected chi connectivity index (χ4v) is 3.93. The van der Waals surface area contributed by atoms with E-state index in [1.54, 1.807) is 36.4 Å². The number of aliphatic hydroxyl groups excluding tert-OH is 1. The van der Waals surface area contributed by atoms with Crippen LogP contribution in [0.2, 0.25) is 0 Å². The predicted octanol–water partition coefficient (Wildman–Crippen LogP) is 1.25. The van der Waals surface area contributed by atoms with Gasteiger partial charge in [-0.2, -0.15) is 0 Å². The summed E-state index contributed by atoms with van der Waals surface area (Å²) in [4.78, 5) is 39.6. The third-order valence-electron chi connectivity index (χ3n) is 4.77. The summed E-state index contributed by atoms with van der Waals surface area (Å²) in [5, 5.41) is 13.7. The molecule has 188 valence electrons. The Morgan fingerprint density at radius 1 is 0.833 bits per heavy atom. The number of nitrogens with one attached hydrogen (secondary N) is 3. The van der Waals surface area contributed by atoms with Crippen molar-refractivity contribution in [2.75, 3.05) is 19.7 Å². The first-order valence-corrected chi connectivity index (χ1v) is 12.3. The normalized spacial score (nSPS) is 10.8. The maximum atomic E-state index is 12.6. The number of hydrogen-bond donors (Lipinski definition) is 4. The van der Waals surface area contributed by atoms with Crippen LogP contribution >= 0.6 is 0 Å². The first-order chi connectivity index (χ1) is 17.3. The van der Waals surface area contributed by atoms with Crippen LogP contribution in [-0.2, 0) is 16.4 Å². The second-order valence-electron chi connectivity index (χ2n) is 7.38. The van der Waals surface area contributed by atoms with Crippen LogP contribution in [0.4, 0.5) is 4.79 Å². The minimum Gasteiger partial charge on any atom is -0.395 e. The zero-order valence-electron chi connectivity index (χ0n) is 19.0. The molecule has 11 nitrogen and oxygen atoms in total. The van der Waals surface area contributed by atoms with E-state index in [9.17, 15) is 22.8 Å². The number of hydrogen-bond acceptors (Lipinski definition) is 8. The molecule has 0 aliphatic rings. The molecule has 36 heavy (non-hydrogen) atoms. The Balaban J connectivity index is 1.52. The van der Waals surface area contributed by atoms with Crippen molar-refractivity contribution in [2.45, 2.75) is 11.3 Å². The second kappa shape index (κ2) is 12.4. The highest BCUT2D eigenvalue weighted by atomic mass is 32.2. The molecular weight excluding hydrogens is 488 g/mol. The van der Waals surface area contributed by atoms with Crippen molar-refractivity contribution in [3.8, 4) is 5.88 Å². The van der Waals surface area contributed by atoms with Crippen molar-refractivity contribution in [1.82, 2.24) is 20.3 Å². The van der Waals surface area contributed by atoms with E-state index in [0.29, 0.717) is 18.5 Å². The number of amides is 3. The fraction of sp³-hybridized carbons (Fsp3) is 0.167. The quantitative estimate of drug-likeness (QED) is 0.315. The number of pyridine rings is 1. The summed E-state index contributed by atoms with van der Waals surface area (Å²) in [6, 6.07) is 17.2. The molecule has 1 heterocycles. The molecule has 12 heteroatoms. The third-order valence-corrected chi connectivity index (χ3v) is 6.12. The van der Waals surface area contributed by atoms with Gasteiger partial charge in [-0.25, -0.2) is 22.9 Å². The molecular formula is C24H24N4O7S. The molecule has 0 saturated heterocycles. The zero-order valence-corrected chi connectivity index (χ0v) is 19.8. The van der Waals surface area contributed by atoms with Crippen LogP contribution < -0.4 is 20.1 Å². The Hall–Kier alpha value is -4.29. The lowest BCUT2D eigenvalue weighted by atomic mass is 10.1. The summed E-state index contributed by atoms with van der Waals surface area (Å²) in [6.07, 6.45) is 0.716. The molecule has 0 radical (unpaired) electrons. The minimum atomic E-state index is -4.15. The number of benzene rings is 2.